The molecule has 6 heteroatoms. The Morgan fingerprint density at radius 1 is 1.32 bits per heavy atom. The van der Waals surface area contributed by atoms with E-state index < -0.39 is 24.3 Å². The summed E-state index contributed by atoms with van der Waals surface area (Å²) in [6, 6.07) is 2.08. The van der Waals surface area contributed by atoms with Crippen LogP contribution in [0.25, 0.3) is 0 Å². The molecule has 4 N–H and O–H groups in total. The van der Waals surface area contributed by atoms with Crippen molar-refractivity contribution in [3.8, 4) is 0 Å². The van der Waals surface area contributed by atoms with Crippen molar-refractivity contribution in [2.24, 2.45) is 11.8 Å². The highest BCUT2D eigenvalue weighted by atomic mass is 32.1. The lowest BCUT2D eigenvalue weighted by Crippen LogP contribution is -2.20. The summed E-state index contributed by atoms with van der Waals surface area (Å²) in [6.45, 7) is 2.07. The van der Waals surface area contributed by atoms with E-state index in [4.69, 9.17) is 5.11 Å². The minimum Gasteiger partial charge on any atom is -0.481 e. The average molecular weight is 409 g/mol. The standard InChI is InChI=1S/C22H32O5S/c1-15-12-13-28-21(15)11-9-16(23)8-10-18-17(19(24)14-20(18)25)6-4-2-3-5-7-22(26)27/h2,4,8,10,12-13,16-20,23-25H,3,5-7,9,11,14H2,1H3,(H,26,27)/b4-2-,10-8+/t16?,17-,18-,19?,20?/m1/s1. The number of carboxylic acid groups (broad SMARTS) is 1. The molecular formula is C22H32O5S. The summed E-state index contributed by atoms with van der Waals surface area (Å²) in [5.74, 6) is -1.06. The second-order valence-corrected chi connectivity index (χ2v) is 8.62. The van der Waals surface area contributed by atoms with Crippen molar-refractivity contribution in [3.05, 3.63) is 46.2 Å². The van der Waals surface area contributed by atoms with Crippen molar-refractivity contribution in [1.82, 2.24) is 0 Å². The molecule has 156 valence electrons. The van der Waals surface area contributed by atoms with Crippen LogP contribution in [0.3, 0.4) is 0 Å². The molecule has 1 aromatic heterocycles. The molecule has 0 spiro atoms. The number of thiophene rings is 1. The van der Waals surface area contributed by atoms with Gasteiger partial charge in [0.05, 0.1) is 18.3 Å². The van der Waals surface area contributed by atoms with Gasteiger partial charge in [-0.05, 0) is 62.0 Å². The summed E-state index contributed by atoms with van der Waals surface area (Å²) in [5, 5.41) is 41.5. The Kier molecular flexibility index (Phi) is 9.38. The van der Waals surface area contributed by atoms with E-state index in [2.05, 4.69) is 18.4 Å². The van der Waals surface area contributed by atoms with E-state index in [0.717, 1.165) is 6.42 Å². The lowest BCUT2D eigenvalue weighted by Gasteiger charge is -2.19. The molecule has 0 radical (unpaired) electrons. The smallest absolute Gasteiger partial charge is 0.303 e. The number of aliphatic hydroxyl groups is 3. The SMILES string of the molecule is Cc1ccsc1CCC(O)/C=C/[C@H]1C(O)CC(O)[C@@H]1C/C=C\CCCC(=O)O. The van der Waals surface area contributed by atoms with Gasteiger partial charge in [-0.1, -0.05) is 24.3 Å². The van der Waals surface area contributed by atoms with E-state index in [0.29, 0.717) is 32.1 Å². The van der Waals surface area contributed by atoms with E-state index in [1.54, 1.807) is 17.4 Å². The molecule has 3 unspecified atom stereocenters. The number of aliphatic carboxylic acids is 1. The maximum atomic E-state index is 10.5. The molecule has 1 aliphatic rings. The predicted octanol–water partition coefficient (Wildman–Crippen LogP) is 3.47. The van der Waals surface area contributed by atoms with Crippen LogP contribution < -0.4 is 0 Å². The molecule has 0 aromatic carbocycles. The minimum absolute atomic E-state index is 0.0892. The van der Waals surface area contributed by atoms with Crippen LogP contribution in [0.4, 0.5) is 0 Å². The van der Waals surface area contributed by atoms with Crippen LogP contribution in [0.1, 0.15) is 49.0 Å². The lowest BCUT2D eigenvalue weighted by molar-refractivity contribution is -0.137. The first-order valence-corrected chi connectivity index (χ1v) is 10.9. The number of hydrogen-bond acceptors (Lipinski definition) is 5. The van der Waals surface area contributed by atoms with Crippen molar-refractivity contribution in [1.29, 1.82) is 0 Å². The van der Waals surface area contributed by atoms with Gasteiger partial charge >= 0.3 is 5.97 Å². The van der Waals surface area contributed by atoms with E-state index >= 15 is 0 Å². The molecule has 0 saturated heterocycles. The van der Waals surface area contributed by atoms with Crippen molar-refractivity contribution in [2.45, 2.75) is 70.2 Å². The van der Waals surface area contributed by atoms with Gasteiger partial charge in [-0.15, -0.1) is 11.3 Å². The van der Waals surface area contributed by atoms with Crippen LogP contribution >= 0.6 is 11.3 Å². The van der Waals surface area contributed by atoms with Crippen molar-refractivity contribution in [2.75, 3.05) is 0 Å². The molecule has 1 fully saturated rings. The van der Waals surface area contributed by atoms with Crippen LogP contribution in [-0.2, 0) is 11.2 Å². The van der Waals surface area contributed by atoms with E-state index in [9.17, 15) is 20.1 Å². The normalized spacial score (nSPS) is 26.4. The fourth-order valence-corrected chi connectivity index (χ4v) is 4.67. The summed E-state index contributed by atoms with van der Waals surface area (Å²) < 4.78 is 0. The van der Waals surface area contributed by atoms with Gasteiger partial charge in [0.25, 0.3) is 0 Å². The summed E-state index contributed by atoms with van der Waals surface area (Å²) in [4.78, 5) is 11.8. The van der Waals surface area contributed by atoms with Gasteiger partial charge in [0.15, 0.2) is 0 Å². The second kappa shape index (κ2) is 11.5. The molecule has 0 aliphatic heterocycles. The Balaban J connectivity index is 1.82. The lowest BCUT2D eigenvalue weighted by atomic mass is 9.89. The first-order chi connectivity index (χ1) is 13.4. The van der Waals surface area contributed by atoms with Gasteiger partial charge in [-0.25, -0.2) is 0 Å². The fourth-order valence-electron chi connectivity index (χ4n) is 3.74. The number of rotatable bonds is 11. The molecular weight excluding hydrogens is 376 g/mol. The highest BCUT2D eigenvalue weighted by molar-refractivity contribution is 7.10. The molecule has 0 bridgehead atoms. The number of carbonyl (C=O) groups is 1. The van der Waals surface area contributed by atoms with Crippen molar-refractivity contribution < 1.29 is 25.2 Å². The zero-order chi connectivity index (χ0) is 20.5. The number of carboxylic acids is 1. The molecule has 0 amide bonds. The van der Waals surface area contributed by atoms with Crippen LogP contribution in [0, 0.1) is 18.8 Å². The number of hydrogen-bond donors (Lipinski definition) is 4. The molecule has 5 atom stereocenters. The van der Waals surface area contributed by atoms with Gasteiger partial charge in [0, 0.05) is 23.6 Å². The van der Waals surface area contributed by atoms with Gasteiger partial charge in [-0.2, -0.15) is 0 Å². The monoisotopic (exact) mass is 408 g/mol. The fraction of sp³-hybridized carbons (Fsp3) is 0.591. The number of aryl methyl sites for hydroxylation is 2. The zero-order valence-electron chi connectivity index (χ0n) is 16.4. The maximum Gasteiger partial charge on any atom is 0.303 e. The molecule has 1 saturated carbocycles. The summed E-state index contributed by atoms with van der Waals surface area (Å²) in [7, 11) is 0. The Morgan fingerprint density at radius 2 is 2.11 bits per heavy atom. The number of allylic oxidation sites excluding steroid dienone is 2. The highest BCUT2D eigenvalue weighted by Gasteiger charge is 2.39. The molecule has 2 rings (SSSR count). The summed E-state index contributed by atoms with van der Waals surface area (Å²) >= 11 is 1.70. The Labute approximate surface area is 171 Å². The highest BCUT2D eigenvalue weighted by Crippen LogP contribution is 2.36. The predicted molar refractivity (Wildman–Crippen MR) is 111 cm³/mol. The van der Waals surface area contributed by atoms with Crippen LogP contribution in [0.15, 0.2) is 35.8 Å². The Morgan fingerprint density at radius 3 is 2.79 bits per heavy atom. The number of unbranched alkanes of at least 4 members (excludes halogenated alkanes) is 1. The van der Waals surface area contributed by atoms with E-state index in [1.165, 1.54) is 10.4 Å². The van der Waals surface area contributed by atoms with Crippen LogP contribution in [0.5, 0.6) is 0 Å². The van der Waals surface area contributed by atoms with Gasteiger partial charge < -0.3 is 20.4 Å². The van der Waals surface area contributed by atoms with Crippen LogP contribution in [-0.4, -0.2) is 44.7 Å². The first kappa shape index (κ1) is 22.8. The third-order valence-corrected chi connectivity index (χ3v) is 6.53. The molecule has 1 heterocycles. The average Bonchev–Trinajstić information content (AvgIpc) is 3.16. The molecule has 1 aliphatic carbocycles. The quantitative estimate of drug-likeness (QED) is 0.332. The largest absolute Gasteiger partial charge is 0.481 e. The van der Waals surface area contributed by atoms with Crippen molar-refractivity contribution >= 4 is 17.3 Å². The molecule has 1 aromatic rings. The van der Waals surface area contributed by atoms with Crippen molar-refractivity contribution in [3.63, 3.8) is 0 Å². The Hall–Kier alpha value is -1.47. The van der Waals surface area contributed by atoms with Gasteiger partial charge in [-0.3, -0.25) is 4.79 Å². The zero-order valence-corrected chi connectivity index (χ0v) is 17.2. The summed E-state index contributed by atoms with van der Waals surface area (Å²) in [6.07, 6.45) is 9.65. The minimum atomic E-state index is -0.791. The third kappa shape index (κ3) is 7.17. The molecule has 5 nitrogen and oxygen atoms in total. The third-order valence-electron chi connectivity index (χ3n) is 5.44. The van der Waals surface area contributed by atoms with E-state index in [1.807, 2.05) is 18.2 Å². The van der Waals surface area contributed by atoms with Gasteiger partial charge in [0.1, 0.15) is 0 Å². The maximum absolute atomic E-state index is 10.5. The van der Waals surface area contributed by atoms with E-state index in [-0.39, 0.29) is 18.3 Å². The first-order valence-electron chi connectivity index (χ1n) is 10.0. The molecule has 28 heavy (non-hydrogen) atoms. The number of aliphatic hydroxyl groups excluding tert-OH is 3. The Bertz CT molecular complexity index is 666. The second-order valence-electron chi connectivity index (χ2n) is 7.62. The summed E-state index contributed by atoms with van der Waals surface area (Å²) in [5.41, 5.74) is 1.26. The van der Waals surface area contributed by atoms with Gasteiger partial charge in [0.2, 0.25) is 0 Å². The van der Waals surface area contributed by atoms with Crippen LogP contribution in [0.2, 0.25) is 0 Å². The topological polar surface area (TPSA) is 98.0 Å².